The molecule has 0 aromatic heterocycles. The second kappa shape index (κ2) is 6.54. The molecule has 2 atom stereocenters. The molecule has 0 radical (unpaired) electrons. The number of rotatable bonds is 5. The highest BCUT2D eigenvalue weighted by atomic mass is 16.6. The van der Waals surface area contributed by atoms with Gasteiger partial charge in [0.15, 0.2) is 0 Å². The zero-order chi connectivity index (χ0) is 11.1. The maximum absolute atomic E-state index is 11.2. The van der Waals surface area contributed by atoms with Gasteiger partial charge in [-0.15, -0.1) is 0 Å². The lowest BCUT2D eigenvalue weighted by Gasteiger charge is -2.10. The third-order valence-electron chi connectivity index (χ3n) is 1.94. The van der Waals surface area contributed by atoms with E-state index in [0.717, 1.165) is 12.8 Å². The van der Waals surface area contributed by atoms with E-state index >= 15 is 0 Å². The van der Waals surface area contributed by atoms with E-state index in [1.807, 2.05) is 6.92 Å². The second-order valence-electron chi connectivity index (χ2n) is 3.46. The van der Waals surface area contributed by atoms with Crippen molar-refractivity contribution in [1.82, 2.24) is 0 Å². The molecule has 0 aliphatic rings. The van der Waals surface area contributed by atoms with E-state index in [-0.39, 0.29) is 5.92 Å². The Morgan fingerprint density at radius 2 is 1.86 bits per heavy atom. The number of hydrogen-bond donors (Lipinski definition) is 1. The fourth-order valence-corrected chi connectivity index (χ4v) is 0.913. The van der Waals surface area contributed by atoms with Crippen molar-refractivity contribution in [1.29, 1.82) is 0 Å². The Morgan fingerprint density at radius 1 is 1.29 bits per heavy atom. The number of aliphatic hydroxyl groups is 1. The first-order valence-electron chi connectivity index (χ1n) is 4.92. The molecule has 82 valence electrons. The predicted molar refractivity (Wildman–Crippen MR) is 51.5 cm³/mol. The van der Waals surface area contributed by atoms with Gasteiger partial charge in [0, 0.05) is 0 Å². The molecule has 0 rings (SSSR count). The summed E-state index contributed by atoms with van der Waals surface area (Å²) in [5.74, 6) is -1.71. The number of carbonyl (C=O) groups excluding carboxylic acids is 2. The van der Waals surface area contributed by atoms with Crippen molar-refractivity contribution in [2.45, 2.75) is 46.1 Å². The van der Waals surface area contributed by atoms with Gasteiger partial charge in [-0.3, -0.25) is 4.79 Å². The molecule has 4 nitrogen and oxygen atoms in total. The highest BCUT2D eigenvalue weighted by molar-refractivity contribution is 5.88. The standard InChI is InChI=1S/C10H18O4/c1-4-5-6-7(2)9(12)14-10(13)8(3)11/h7-8,11H,4-6H2,1-3H3. The van der Waals surface area contributed by atoms with Crippen molar-refractivity contribution in [3.63, 3.8) is 0 Å². The van der Waals surface area contributed by atoms with E-state index in [1.165, 1.54) is 6.92 Å². The molecule has 0 aromatic rings. The van der Waals surface area contributed by atoms with Gasteiger partial charge in [-0.25, -0.2) is 4.79 Å². The van der Waals surface area contributed by atoms with E-state index in [2.05, 4.69) is 4.74 Å². The van der Waals surface area contributed by atoms with Crippen LogP contribution in [-0.2, 0) is 14.3 Å². The highest BCUT2D eigenvalue weighted by Gasteiger charge is 2.20. The molecular formula is C10H18O4. The van der Waals surface area contributed by atoms with E-state index in [1.54, 1.807) is 6.92 Å². The number of carbonyl (C=O) groups is 2. The van der Waals surface area contributed by atoms with Gasteiger partial charge in [-0.05, 0) is 13.3 Å². The van der Waals surface area contributed by atoms with Crippen molar-refractivity contribution in [3.8, 4) is 0 Å². The van der Waals surface area contributed by atoms with Crippen LogP contribution in [0.3, 0.4) is 0 Å². The average molecular weight is 202 g/mol. The summed E-state index contributed by atoms with van der Waals surface area (Å²) < 4.78 is 4.44. The number of ether oxygens (including phenoxy) is 1. The van der Waals surface area contributed by atoms with Gasteiger partial charge in [0.1, 0.15) is 6.10 Å². The van der Waals surface area contributed by atoms with E-state index in [0.29, 0.717) is 6.42 Å². The Hall–Kier alpha value is -0.900. The Morgan fingerprint density at radius 3 is 2.29 bits per heavy atom. The first kappa shape index (κ1) is 13.1. The maximum atomic E-state index is 11.2. The number of esters is 2. The molecule has 2 unspecified atom stereocenters. The normalized spacial score (nSPS) is 14.6. The minimum atomic E-state index is -1.24. The van der Waals surface area contributed by atoms with E-state index < -0.39 is 18.0 Å². The molecule has 1 N–H and O–H groups in total. The largest absolute Gasteiger partial charge is 0.391 e. The van der Waals surface area contributed by atoms with Gasteiger partial charge in [0.05, 0.1) is 5.92 Å². The van der Waals surface area contributed by atoms with Crippen molar-refractivity contribution in [2.24, 2.45) is 5.92 Å². The summed E-state index contributed by atoms with van der Waals surface area (Å²) in [6.07, 6.45) is 1.40. The second-order valence-corrected chi connectivity index (χ2v) is 3.46. The molecule has 0 amide bonds. The molecule has 0 saturated carbocycles. The van der Waals surface area contributed by atoms with Crippen molar-refractivity contribution in [3.05, 3.63) is 0 Å². The number of aliphatic hydroxyl groups excluding tert-OH is 1. The van der Waals surface area contributed by atoms with Gasteiger partial charge < -0.3 is 9.84 Å². The minimum absolute atomic E-state index is 0.280. The lowest BCUT2D eigenvalue weighted by Crippen LogP contribution is -2.26. The summed E-state index contributed by atoms with van der Waals surface area (Å²) in [4.78, 5) is 22.0. The first-order valence-corrected chi connectivity index (χ1v) is 4.92. The van der Waals surface area contributed by atoms with Gasteiger partial charge in [-0.2, -0.15) is 0 Å². The predicted octanol–water partition coefficient (Wildman–Crippen LogP) is 1.26. The summed E-state index contributed by atoms with van der Waals surface area (Å²) >= 11 is 0. The van der Waals surface area contributed by atoms with Crippen LogP contribution >= 0.6 is 0 Å². The lowest BCUT2D eigenvalue weighted by molar-refractivity contribution is -0.167. The first-order chi connectivity index (χ1) is 6.49. The summed E-state index contributed by atoms with van der Waals surface area (Å²) in [6, 6.07) is 0. The van der Waals surface area contributed by atoms with Crippen molar-refractivity contribution >= 4 is 11.9 Å². The molecule has 0 aromatic carbocycles. The topological polar surface area (TPSA) is 63.6 Å². The van der Waals surface area contributed by atoms with Crippen LogP contribution in [0.1, 0.15) is 40.0 Å². The third kappa shape index (κ3) is 4.97. The summed E-state index contributed by atoms with van der Waals surface area (Å²) in [7, 11) is 0. The monoisotopic (exact) mass is 202 g/mol. The molecule has 0 aliphatic heterocycles. The SMILES string of the molecule is CCCCC(C)C(=O)OC(=O)C(C)O. The Bertz CT molecular complexity index is 198. The highest BCUT2D eigenvalue weighted by Crippen LogP contribution is 2.09. The molecule has 0 spiro atoms. The Kier molecular flexibility index (Phi) is 6.12. The Balaban J connectivity index is 3.89. The van der Waals surface area contributed by atoms with E-state index in [9.17, 15) is 9.59 Å². The summed E-state index contributed by atoms with van der Waals surface area (Å²) in [5, 5.41) is 8.80. The van der Waals surface area contributed by atoms with Crippen LogP contribution in [0.15, 0.2) is 0 Å². The van der Waals surface area contributed by atoms with Gasteiger partial charge in [-0.1, -0.05) is 26.7 Å². The van der Waals surface area contributed by atoms with Crippen LogP contribution in [0.25, 0.3) is 0 Å². The van der Waals surface area contributed by atoms with Crippen LogP contribution in [-0.4, -0.2) is 23.1 Å². The third-order valence-corrected chi connectivity index (χ3v) is 1.94. The molecular weight excluding hydrogens is 184 g/mol. The number of hydrogen-bond acceptors (Lipinski definition) is 4. The maximum Gasteiger partial charge on any atom is 0.342 e. The molecule has 0 bridgehead atoms. The molecule has 0 fully saturated rings. The lowest BCUT2D eigenvalue weighted by atomic mass is 10.1. The quantitative estimate of drug-likeness (QED) is 0.538. The zero-order valence-corrected chi connectivity index (χ0v) is 8.95. The summed E-state index contributed by atoms with van der Waals surface area (Å²) in [5.41, 5.74) is 0. The molecule has 0 aliphatic carbocycles. The zero-order valence-electron chi connectivity index (χ0n) is 8.95. The van der Waals surface area contributed by atoms with Crippen molar-refractivity contribution in [2.75, 3.05) is 0 Å². The summed E-state index contributed by atoms with van der Waals surface area (Å²) in [6.45, 7) is 5.01. The molecule has 0 heterocycles. The molecule has 0 saturated heterocycles. The molecule has 14 heavy (non-hydrogen) atoms. The fraction of sp³-hybridized carbons (Fsp3) is 0.800. The van der Waals surface area contributed by atoms with Crippen LogP contribution in [0.4, 0.5) is 0 Å². The van der Waals surface area contributed by atoms with E-state index in [4.69, 9.17) is 5.11 Å². The fourth-order valence-electron chi connectivity index (χ4n) is 0.913. The van der Waals surface area contributed by atoms with Crippen LogP contribution in [0.5, 0.6) is 0 Å². The Labute approximate surface area is 84.3 Å². The van der Waals surface area contributed by atoms with Gasteiger partial charge >= 0.3 is 11.9 Å². The van der Waals surface area contributed by atoms with Gasteiger partial charge in [0.2, 0.25) is 0 Å². The molecule has 4 heteroatoms. The van der Waals surface area contributed by atoms with Crippen LogP contribution < -0.4 is 0 Å². The number of unbranched alkanes of at least 4 members (excludes halogenated alkanes) is 1. The van der Waals surface area contributed by atoms with Crippen LogP contribution in [0.2, 0.25) is 0 Å². The van der Waals surface area contributed by atoms with Gasteiger partial charge in [0.25, 0.3) is 0 Å². The van der Waals surface area contributed by atoms with Crippen LogP contribution in [0, 0.1) is 5.92 Å². The minimum Gasteiger partial charge on any atom is -0.391 e. The van der Waals surface area contributed by atoms with Crippen molar-refractivity contribution < 1.29 is 19.4 Å². The smallest absolute Gasteiger partial charge is 0.342 e. The average Bonchev–Trinajstić information content (AvgIpc) is 2.13.